The number of alkyl halides is 3. The standard InChI is InChI=1S/C42H41F4N7O7S/c1-41(2)39(59)51(25-7-6-24(23-47-3)31(20-25)42(44,45)46)40(61)53(41)26-8-10-29(32(43)21-26)36(56)50-17-15-49(16-18-50)14-4-5-19-60-27-9-11-28-30(22-27)38(58)52(37(28)57)33-12-13-34(54)48-35(33)55/h6-11,20-23,33H,4-5,12-19H2,1-3H3,(H,48,54,55)/b47-23-. The SMILES string of the molecule is C/N=C\c1ccc(N2C(=O)C(C)(C)N(c3ccc(C(=O)N4CCN(CCCCOc5ccc6c(c5)C(=O)N(C5CCC(=O)NC5=O)C6=O)CC4)c(F)c3)C2=S)cc1C(F)(F)F. The van der Waals surface area contributed by atoms with Crippen LogP contribution in [0.25, 0.3) is 0 Å². The van der Waals surface area contributed by atoms with Gasteiger partial charge in [0.2, 0.25) is 11.8 Å². The third kappa shape index (κ3) is 8.23. The summed E-state index contributed by atoms with van der Waals surface area (Å²) < 4.78 is 63.4. The van der Waals surface area contributed by atoms with Gasteiger partial charge < -0.3 is 14.5 Å². The number of imide groups is 2. The average molecular weight is 864 g/mol. The van der Waals surface area contributed by atoms with Crippen molar-refractivity contribution in [2.45, 2.75) is 57.3 Å². The molecule has 4 aliphatic heterocycles. The average Bonchev–Trinajstić information content (AvgIpc) is 3.56. The van der Waals surface area contributed by atoms with E-state index in [2.05, 4.69) is 15.2 Å². The summed E-state index contributed by atoms with van der Waals surface area (Å²) in [7, 11) is 1.34. The Morgan fingerprint density at radius 3 is 2.31 bits per heavy atom. The van der Waals surface area contributed by atoms with Crippen LogP contribution in [0.15, 0.2) is 59.6 Å². The van der Waals surface area contributed by atoms with Crippen LogP contribution in [0.4, 0.5) is 28.9 Å². The quantitative estimate of drug-likeness (QED) is 0.0934. The molecule has 1 unspecified atom stereocenters. The summed E-state index contributed by atoms with van der Waals surface area (Å²) in [4.78, 5) is 87.7. The molecule has 19 heteroatoms. The second kappa shape index (κ2) is 16.8. The molecule has 1 N–H and O–H groups in total. The van der Waals surface area contributed by atoms with Crippen molar-refractivity contribution in [2.75, 3.05) is 56.2 Å². The lowest BCUT2D eigenvalue weighted by Crippen LogP contribution is -2.54. The third-order valence-electron chi connectivity index (χ3n) is 11.2. The summed E-state index contributed by atoms with van der Waals surface area (Å²) in [6.45, 7) is 5.89. The van der Waals surface area contributed by atoms with Crippen LogP contribution >= 0.6 is 12.2 Å². The Labute approximate surface area is 353 Å². The van der Waals surface area contributed by atoms with Crippen LogP contribution in [0.5, 0.6) is 5.75 Å². The molecule has 1 atom stereocenters. The van der Waals surface area contributed by atoms with E-state index in [1.807, 2.05) is 0 Å². The van der Waals surface area contributed by atoms with Gasteiger partial charge in [-0.25, -0.2) is 4.39 Å². The molecule has 14 nitrogen and oxygen atoms in total. The molecular formula is C42H41F4N7O7S. The largest absolute Gasteiger partial charge is 0.494 e. The number of carbonyl (C=O) groups is 6. The molecule has 6 amide bonds. The molecular weight excluding hydrogens is 823 g/mol. The van der Waals surface area contributed by atoms with Gasteiger partial charge in [-0.15, -0.1) is 0 Å². The van der Waals surface area contributed by atoms with E-state index < -0.39 is 64.6 Å². The molecule has 320 valence electrons. The zero-order valence-corrected chi connectivity index (χ0v) is 34.2. The fraction of sp³-hybridized carbons (Fsp3) is 0.381. The van der Waals surface area contributed by atoms with Crippen LogP contribution in [0.3, 0.4) is 0 Å². The first kappa shape index (κ1) is 43.0. The van der Waals surface area contributed by atoms with E-state index in [1.165, 1.54) is 62.2 Å². The lowest BCUT2D eigenvalue weighted by molar-refractivity contribution is -0.138. The first-order valence-electron chi connectivity index (χ1n) is 19.5. The number of ether oxygens (including phenoxy) is 1. The lowest BCUT2D eigenvalue weighted by Gasteiger charge is -2.35. The number of carbonyl (C=O) groups excluding carboxylic acids is 6. The number of rotatable bonds is 11. The van der Waals surface area contributed by atoms with E-state index in [0.29, 0.717) is 51.5 Å². The van der Waals surface area contributed by atoms with Gasteiger partial charge in [-0.05, 0) is 100 Å². The fourth-order valence-electron chi connectivity index (χ4n) is 7.97. The Morgan fingerprint density at radius 1 is 0.934 bits per heavy atom. The van der Waals surface area contributed by atoms with Crippen LogP contribution in [-0.4, -0.2) is 119 Å². The second-order valence-corrected chi connectivity index (χ2v) is 15.8. The van der Waals surface area contributed by atoms with Crippen molar-refractivity contribution in [1.29, 1.82) is 0 Å². The highest BCUT2D eigenvalue weighted by atomic mass is 32.1. The number of benzene rings is 3. The van der Waals surface area contributed by atoms with Gasteiger partial charge in [-0.3, -0.25) is 53.8 Å². The number of halogens is 4. The van der Waals surface area contributed by atoms with Crippen molar-refractivity contribution >= 4 is 70.4 Å². The highest BCUT2D eigenvalue weighted by molar-refractivity contribution is 7.81. The minimum Gasteiger partial charge on any atom is -0.494 e. The number of piperazine rings is 1. The minimum atomic E-state index is -4.74. The van der Waals surface area contributed by atoms with Crippen molar-refractivity contribution in [3.63, 3.8) is 0 Å². The molecule has 3 saturated heterocycles. The van der Waals surface area contributed by atoms with Crippen LogP contribution in [0.2, 0.25) is 0 Å². The molecule has 4 aliphatic rings. The van der Waals surface area contributed by atoms with Crippen LogP contribution in [-0.2, 0) is 20.6 Å². The van der Waals surface area contributed by atoms with Gasteiger partial charge in [0.15, 0.2) is 5.11 Å². The number of hydrogen-bond acceptors (Lipinski definition) is 10. The molecule has 0 radical (unpaired) electrons. The minimum absolute atomic E-state index is 0.0281. The number of amides is 6. The number of aliphatic imine (C=N–C) groups is 1. The van der Waals surface area contributed by atoms with Crippen molar-refractivity contribution in [1.82, 2.24) is 20.0 Å². The van der Waals surface area contributed by atoms with E-state index in [1.54, 1.807) is 11.0 Å². The van der Waals surface area contributed by atoms with Crippen molar-refractivity contribution in [2.24, 2.45) is 4.99 Å². The highest BCUT2D eigenvalue weighted by Crippen LogP contribution is 2.40. The number of piperidine rings is 1. The zero-order valence-electron chi connectivity index (χ0n) is 33.4. The van der Waals surface area contributed by atoms with E-state index in [0.717, 1.165) is 34.6 Å². The Bertz CT molecular complexity index is 2380. The number of anilines is 2. The molecule has 0 aliphatic carbocycles. The first-order valence-corrected chi connectivity index (χ1v) is 19.9. The van der Waals surface area contributed by atoms with Crippen LogP contribution < -0.4 is 19.9 Å². The number of nitrogens with one attached hydrogen (secondary N) is 1. The molecule has 3 fully saturated rings. The van der Waals surface area contributed by atoms with E-state index in [4.69, 9.17) is 17.0 Å². The molecule has 61 heavy (non-hydrogen) atoms. The van der Waals surface area contributed by atoms with Gasteiger partial charge in [0.1, 0.15) is 23.1 Å². The lowest BCUT2D eigenvalue weighted by atomic mass is 10.0. The molecule has 3 aromatic carbocycles. The van der Waals surface area contributed by atoms with Crippen LogP contribution in [0.1, 0.15) is 81.7 Å². The molecule has 0 bridgehead atoms. The summed E-state index contributed by atoms with van der Waals surface area (Å²) in [5.74, 6) is -3.92. The molecule has 4 heterocycles. The Balaban J connectivity index is 0.899. The molecule has 7 rings (SSSR count). The van der Waals surface area contributed by atoms with E-state index in [9.17, 15) is 41.9 Å². The maximum atomic E-state index is 15.7. The van der Waals surface area contributed by atoms with Gasteiger partial charge >= 0.3 is 6.18 Å². The van der Waals surface area contributed by atoms with Gasteiger partial charge in [0, 0.05) is 57.1 Å². The molecule has 0 spiro atoms. The Hall–Kier alpha value is -6.08. The van der Waals surface area contributed by atoms with Gasteiger partial charge in [0.25, 0.3) is 23.6 Å². The van der Waals surface area contributed by atoms with Crippen molar-refractivity contribution in [3.8, 4) is 5.75 Å². The summed E-state index contributed by atoms with van der Waals surface area (Å²) in [6.07, 6.45) is -2.16. The van der Waals surface area contributed by atoms with Crippen molar-refractivity contribution in [3.05, 3.63) is 88.2 Å². The predicted molar refractivity (Wildman–Crippen MR) is 218 cm³/mol. The number of hydrogen-bond donors (Lipinski definition) is 1. The number of nitrogens with zero attached hydrogens (tertiary/aromatic N) is 6. The third-order valence-corrected chi connectivity index (χ3v) is 11.6. The van der Waals surface area contributed by atoms with Gasteiger partial charge in [-0.2, -0.15) is 13.2 Å². The summed E-state index contributed by atoms with van der Waals surface area (Å²) in [5.41, 5.74) is -2.43. The monoisotopic (exact) mass is 863 g/mol. The summed E-state index contributed by atoms with van der Waals surface area (Å²) in [5, 5.41) is 2.02. The Morgan fingerprint density at radius 2 is 1.64 bits per heavy atom. The maximum absolute atomic E-state index is 15.7. The number of fused-ring (bicyclic) bond motifs is 1. The predicted octanol–water partition coefficient (Wildman–Crippen LogP) is 4.83. The van der Waals surface area contributed by atoms with Gasteiger partial charge in [-0.1, -0.05) is 6.07 Å². The number of unbranched alkanes of at least 4 members (excludes halogenated alkanes) is 1. The zero-order chi connectivity index (χ0) is 44.0. The summed E-state index contributed by atoms with van der Waals surface area (Å²) in [6, 6.07) is 10.7. The first-order chi connectivity index (χ1) is 28.9. The smallest absolute Gasteiger partial charge is 0.417 e. The van der Waals surface area contributed by atoms with E-state index >= 15 is 4.39 Å². The molecule has 0 aromatic heterocycles. The normalized spacial score (nSPS) is 19.7. The molecule has 0 saturated carbocycles. The fourth-order valence-corrected chi connectivity index (χ4v) is 8.49. The van der Waals surface area contributed by atoms with Crippen LogP contribution in [0, 0.1) is 5.82 Å². The number of thiocarbonyl (C=S) groups is 1. The topological polar surface area (TPSA) is 152 Å². The summed E-state index contributed by atoms with van der Waals surface area (Å²) >= 11 is 5.61. The van der Waals surface area contributed by atoms with Crippen molar-refractivity contribution < 1.29 is 51.1 Å². The van der Waals surface area contributed by atoms with E-state index in [-0.39, 0.29) is 51.6 Å². The maximum Gasteiger partial charge on any atom is 0.417 e. The second-order valence-electron chi connectivity index (χ2n) is 15.5. The Kier molecular flexibility index (Phi) is 11.8. The highest BCUT2D eigenvalue weighted by Gasteiger charge is 2.51. The molecule has 3 aromatic rings. The van der Waals surface area contributed by atoms with Gasteiger partial charge in [0.05, 0.1) is 34.5 Å².